The fourth-order valence-electron chi connectivity index (χ4n) is 2.38. The lowest BCUT2D eigenvalue weighted by molar-refractivity contribution is -0.120. The molecule has 0 radical (unpaired) electrons. The van der Waals surface area contributed by atoms with Crippen molar-refractivity contribution in [2.24, 2.45) is 0 Å². The SMILES string of the molecule is O=C(CNCC1CCCO1)NCCCc1ccccc1. The molecule has 1 amide bonds. The van der Waals surface area contributed by atoms with Crippen LogP contribution in [0.5, 0.6) is 0 Å². The third-order valence-electron chi connectivity index (χ3n) is 3.49. The average molecular weight is 276 g/mol. The molecule has 0 aliphatic carbocycles. The van der Waals surface area contributed by atoms with Gasteiger partial charge in [-0.15, -0.1) is 0 Å². The van der Waals surface area contributed by atoms with Gasteiger partial charge in [0.15, 0.2) is 0 Å². The topological polar surface area (TPSA) is 50.4 Å². The van der Waals surface area contributed by atoms with Gasteiger partial charge in [-0.1, -0.05) is 30.3 Å². The molecule has 20 heavy (non-hydrogen) atoms. The Labute approximate surface area is 120 Å². The van der Waals surface area contributed by atoms with E-state index in [4.69, 9.17) is 4.74 Å². The van der Waals surface area contributed by atoms with Crippen LogP contribution in [0.15, 0.2) is 30.3 Å². The number of rotatable bonds is 8. The maximum Gasteiger partial charge on any atom is 0.233 e. The van der Waals surface area contributed by atoms with Crippen molar-refractivity contribution in [1.82, 2.24) is 10.6 Å². The highest BCUT2D eigenvalue weighted by atomic mass is 16.5. The summed E-state index contributed by atoms with van der Waals surface area (Å²) in [6.07, 6.45) is 4.51. The molecule has 1 saturated heterocycles. The van der Waals surface area contributed by atoms with Gasteiger partial charge in [-0.3, -0.25) is 4.79 Å². The number of ether oxygens (including phenoxy) is 1. The van der Waals surface area contributed by atoms with Crippen LogP contribution in [0.2, 0.25) is 0 Å². The van der Waals surface area contributed by atoms with Gasteiger partial charge >= 0.3 is 0 Å². The Balaban J connectivity index is 1.47. The number of amides is 1. The van der Waals surface area contributed by atoms with Gasteiger partial charge in [-0.05, 0) is 31.2 Å². The average Bonchev–Trinajstić information content (AvgIpc) is 2.98. The lowest BCUT2D eigenvalue weighted by Crippen LogP contribution is -2.37. The number of carbonyl (C=O) groups excluding carboxylic acids is 1. The van der Waals surface area contributed by atoms with Crippen molar-refractivity contribution in [1.29, 1.82) is 0 Å². The largest absolute Gasteiger partial charge is 0.377 e. The molecule has 0 aromatic heterocycles. The molecule has 4 heteroatoms. The van der Waals surface area contributed by atoms with Gasteiger partial charge in [0.25, 0.3) is 0 Å². The quantitative estimate of drug-likeness (QED) is 0.708. The molecule has 1 aromatic rings. The van der Waals surface area contributed by atoms with Crippen molar-refractivity contribution in [2.45, 2.75) is 31.8 Å². The van der Waals surface area contributed by atoms with Crippen LogP contribution < -0.4 is 10.6 Å². The van der Waals surface area contributed by atoms with Crippen molar-refractivity contribution in [3.8, 4) is 0 Å². The van der Waals surface area contributed by atoms with E-state index in [-0.39, 0.29) is 5.91 Å². The zero-order chi connectivity index (χ0) is 14.0. The van der Waals surface area contributed by atoms with Gasteiger partial charge in [0.05, 0.1) is 12.6 Å². The first-order valence-electron chi connectivity index (χ1n) is 7.47. The molecule has 0 bridgehead atoms. The zero-order valence-electron chi connectivity index (χ0n) is 11.9. The van der Waals surface area contributed by atoms with E-state index in [9.17, 15) is 4.79 Å². The molecular formula is C16H24N2O2. The molecule has 1 atom stereocenters. The molecular weight excluding hydrogens is 252 g/mol. The Morgan fingerprint density at radius 2 is 2.15 bits per heavy atom. The number of nitrogens with one attached hydrogen (secondary N) is 2. The van der Waals surface area contributed by atoms with Gasteiger partial charge < -0.3 is 15.4 Å². The second-order valence-electron chi connectivity index (χ2n) is 5.21. The molecule has 2 N–H and O–H groups in total. The van der Waals surface area contributed by atoms with Crippen molar-refractivity contribution in [3.05, 3.63) is 35.9 Å². The molecule has 1 aromatic carbocycles. The Hall–Kier alpha value is -1.39. The molecule has 1 unspecified atom stereocenters. The summed E-state index contributed by atoms with van der Waals surface area (Å²) in [7, 11) is 0. The van der Waals surface area contributed by atoms with Gasteiger partial charge in [0.2, 0.25) is 5.91 Å². The summed E-state index contributed by atoms with van der Waals surface area (Å²) in [6, 6.07) is 10.3. The number of hydrogen-bond acceptors (Lipinski definition) is 3. The van der Waals surface area contributed by atoms with E-state index in [1.54, 1.807) is 0 Å². The van der Waals surface area contributed by atoms with E-state index in [1.165, 1.54) is 5.56 Å². The Morgan fingerprint density at radius 1 is 1.30 bits per heavy atom. The zero-order valence-corrected chi connectivity index (χ0v) is 11.9. The first kappa shape index (κ1) is 15.0. The molecule has 110 valence electrons. The van der Waals surface area contributed by atoms with E-state index < -0.39 is 0 Å². The predicted octanol–water partition coefficient (Wildman–Crippen LogP) is 1.50. The minimum absolute atomic E-state index is 0.0658. The first-order valence-corrected chi connectivity index (χ1v) is 7.47. The number of hydrogen-bond donors (Lipinski definition) is 2. The normalized spacial score (nSPS) is 18.1. The van der Waals surface area contributed by atoms with Gasteiger partial charge in [-0.25, -0.2) is 0 Å². The summed E-state index contributed by atoms with van der Waals surface area (Å²) in [4.78, 5) is 11.6. The van der Waals surface area contributed by atoms with Crippen LogP contribution in [-0.2, 0) is 16.0 Å². The third kappa shape index (κ3) is 5.72. The van der Waals surface area contributed by atoms with Crippen LogP contribution >= 0.6 is 0 Å². The molecule has 0 spiro atoms. The van der Waals surface area contributed by atoms with Crippen LogP contribution in [0.1, 0.15) is 24.8 Å². The van der Waals surface area contributed by atoms with Crippen molar-refractivity contribution >= 4 is 5.91 Å². The second kappa shape index (κ2) is 8.72. The van der Waals surface area contributed by atoms with Crippen LogP contribution in [0.25, 0.3) is 0 Å². The maximum absolute atomic E-state index is 11.6. The highest BCUT2D eigenvalue weighted by Gasteiger charge is 2.14. The van der Waals surface area contributed by atoms with Crippen LogP contribution in [0, 0.1) is 0 Å². The van der Waals surface area contributed by atoms with Crippen molar-refractivity contribution in [2.75, 3.05) is 26.2 Å². The summed E-state index contributed by atoms with van der Waals surface area (Å²) in [5, 5.41) is 6.08. The minimum atomic E-state index is 0.0658. The Kier molecular flexibility index (Phi) is 6.54. The fraction of sp³-hybridized carbons (Fsp3) is 0.562. The molecule has 1 aliphatic rings. The molecule has 2 rings (SSSR count). The third-order valence-corrected chi connectivity index (χ3v) is 3.49. The lowest BCUT2D eigenvalue weighted by atomic mass is 10.1. The van der Waals surface area contributed by atoms with E-state index >= 15 is 0 Å². The standard InChI is InChI=1S/C16H24N2O2/c19-16(13-17-12-15-9-5-11-20-15)18-10-4-8-14-6-2-1-3-7-14/h1-3,6-7,15,17H,4-5,8-13H2,(H,18,19). The molecule has 4 nitrogen and oxygen atoms in total. The fourth-order valence-corrected chi connectivity index (χ4v) is 2.38. The van der Waals surface area contributed by atoms with Crippen LogP contribution in [0.4, 0.5) is 0 Å². The highest BCUT2D eigenvalue weighted by molar-refractivity contribution is 5.77. The summed E-state index contributed by atoms with van der Waals surface area (Å²) in [5.74, 6) is 0.0658. The van der Waals surface area contributed by atoms with Gasteiger partial charge in [0.1, 0.15) is 0 Å². The van der Waals surface area contributed by atoms with E-state index in [0.29, 0.717) is 12.6 Å². The summed E-state index contributed by atoms with van der Waals surface area (Å²) in [6.45, 7) is 2.75. The smallest absolute Gasteiger partial charge is 0.233 e. The monoisotopic (exact) mass is 276 g/mol. The second-order valence-corrected chi connectivity index (χ2v) is 5.21. The van der Waals surface area contributed by atoms with Gasteiger partial charge in [0, 0.05) is 19.7 Å². The van der Waals surface area contributed by atoms with E-state index in [2.05, 4.69) is 22.8 Å². The molecule has 1 fully saturated rings. The van der Waals surface area contributed by atoms with Crippen LogP contribution in [-0.4, -0.2) is 38.3 Å². The maximum atomic E-state index is 11.6. The molecule has 0 saturated carbocycles. The number of benzene rings is 1. The van der Waals surface area contributed by atoms with E-state index in [1.807, 2.05) is 18.2 Å². The van der Waals surface area contributed by atoms with Crippen LogP contribution in [0.3, 0.4) is 0 Å². The van der Waals surface area contributed by atoms with Crippen molar-refractivity contribution < 1.29 is 9.53 Å². The Bertz CT molecular complexity index is 389. The predicted molar refractivity (Wildman–Crippen MR) is 79.6 cm³/mol. The summed E-state index contributed by atoms with van der Waals surface area (Å²) >= 11 is 0. The molecule has 1 aliphatic heterocycles. The minimum Gasteiger partial charge on any atom is -0.377 e. The van der Waals surface area contributed by atoms with E-state index in [0.717, 1.165) is 45.4 Å². The summed E-state index contributed by atoms with van der Waals surface area (Å²) < 4.78 is 5.49. The highest BCUT2D eigenvalue weighted by Crippen LogP contribution is 2.10. The van der Waals surface area contributed by atoms with Crippen molar-refractivity contribution in [3.63, 3.8) is 0 Å². The Morgan fingerprint density at radius 3 is 2.90 bits per heavy atom. The lowest BCUT2D eigenvalue weighted by Gasteiger charge is -2.10. The first-order chi connectivity index (χ1) is 9.84. The summed E-state index contributed by atoms with van der Waals surface area (Å²) in [5.41, 5.74) is 1.32. The molecule has 1 heterocycles. The number of carbonyl (C=O) groups is 1. The number of aryl methyl sites for hydroxylation is 1. The van der Waals surface area contributed by atoms with Gasteiger partial charge in [-0.2, -0.15) is 0 Å².